The van der Waals surface area contributed by atoms with Gasteiger partial charge >= 0.3 is 29.6 Å². The molecule has 3 nitrogen and oxygen atoms in total. The molecule has 1 atom stereocenters. The first-order valence-electron chi connectivity index (χ1n) is 6.85. The second-order valence-electron chi connectivity index (χ2n) is 4.90. The van der Waals surface area contributed by atoms with Crippen molar-refractivity contribution in [3.8, 4) is 0 Å². The average Bonchev–Trinajstić information content (AvgIpc) is 2.24. The molecule has 0 rings (SSSR count). The van der Waals surface area contributed by atoms with Crippen molar-refractivity contribution < 1.29 is 43.1 Å². The molecular formula is C13H25NaO3S2. The van der Waals surface area contributed by atoms with Gasteiger partial charge in [0.2, 0.25) is 0 Å². The zero-order valence-corrected chi connectivity index (χ0v) is 16.0. The maximum Gasteiger partial charge on any atom is 1.00 e. The van der Waals surface area contributed by atoms with Gasteiger partial charge in [-0.05, 0) is 39.7 Å². The zero-order chi connectivity index (χ0) is 13.9. The molecule has 0 aromatic rings. The summed E-state index contributed by atoms with van der Waals surface area (Å²) in [6.45, 7) is 1.64. The Morgan fingerprint density at radius 2 is 1.32 bits per heavy atom. The molecule has 0 amide bonds. The van der Waals surface area contributed by atoms with Crippen LogP contribution < -0.4 is 29.6 Å². The van der Waals surface area contributed by atoms with E-state index in [1.165, 1.54) is 25.7 Å². The van der Waals surface area contributed by atoms with Gasteiger partial charge in [0, 0.05) is 12.2 Å². The van der Waals surface area contributed by atoms with E-state index in [2.05, 4.69) is 11.2 Å². The molecule has 0 aliphatic rings. The van der Waals surface area contributed by atoms with Gasteiger partial charge in [0.25, 0.3) is 0 Å². The molecule has 0 heterocycles. The Balaban J connectivity index is 0. The second-order valence-corrected chi connectivity index (χ2v) is 7.94. The Morgan fingerprint density at radius 3 is 1.68 bits per heavy atom. The van der Waals surface area contributed by atoms with Crippen LogP contribution >= 0.6 is 0 Å². The third-order valence-electron chi connectivity index (χ3n) is 2.92. The van der Waals surface area contributed by atoms with Crippen molar-refractivity contribution in [1.29, 1.82) is 0 Å². The first-order chi connectivity index (χ1) is 8.42. The molecule has 0 spiro atoms. The van der Waals surface area contributed by atoms with Crippen LogP contribution in [0.4, 0.5) is 0 Å². The minimum Gasteiger partial charge on any atom is -0.769 e. The van der Waals surface area contributed by atoms with Gasteiger partial charge in [-0.3, -0.25) is 4.21 Å². The van der Waals surface area contributed by atoms with Crippen molar-refractivity contribution in [3.05, 3.63) is 0 Å². The van der Waals surface area contributed by atoms with Crippen LogP contribution in [0.15, 0.2) is 0 Å². The van der Waals surface area contributed by atoms with Crippen LogP contribution in [0.1, 0.15) is 71.1 Å². The van der Waals surface area contributed by atoms with Crippen molar-refractivity contribution in [1.82, 2.24) is 0 Å². The van der Waals surface area contributed by atoms with E-state index < -0.39 is 8.77 Å². The van der Waals surface area contributed by atoms with Gasteiger partial charge in [-0.15, -0.1) is 0 Å². The molecule has 0 N–H and O–H groups in total. The van der Waals surface area contributed by atoms with E-state index in [4.69, 9.17) is 0 Å². The topological polar surface area (TPSA) is 57.2 Å². The van der Waals surface area contributed by atoms with Gasteiger partial charge in [0.15, 0.2) is 0 Å². The number of carbonyl (C=O) groups is 1. The summed E-state index contributed by atoms with van der Waals surface area (Å²) >= 11 is 4.31. The molecule has 6 heteroatoms. The fourth-order valence-corrected chi connectivity index (χ4v) is 2.80. The number of unbranched alkanes of at least 4 members (excludes halogenated alkanes) is 8. The fourth-order valence-electron chi connectivity index (χ4n) is 1.89. The van der Waals surface area contributed by atoms with Crippen LogP contribution in [-0.4, -0.2) is 20.3 Å². The molecule has 0 bridgehead atoms. The molecule has 0 aromatic heterocycles. The van der Waals surface area contributed by atoms with Crippen LogP contribution in [-0.2, 0) is 24.8 Å². The third kappa shape index (κ3) is 21.4. The number of ketones is 1. The standard InChI is InChI=1S/C13H26O3S2.Na/c1-13(14)11-9-7-5-3-2-4-6-8-10-12-18(15,16)17;/h2-12H2,1H3,(H,15,16,17);/q;+1/p-1. The fraction of sp³-hybridized carbons (Fsp3) is 0.923. The summed E-state index contributed by atoms with van der Waals surface area (Å²) in [7, 11) is -3.18. The molecule has 108 valence electrons. The van der Waals surface area contributed by atoms with E-state index in [1.807, 2.05) is 0 Å². The van der Waals surface area contributed by atoms with Crippen LogP contribution in [0.5, 0.6) is 0 Å². The van der Waals surface area contributed by atoms with Gasteiger partial charge in [0.1, 0.15) is 5.78 Å². The first-order valence-corrected chi connectivity index (χ1v) is 9.42. The summed E-state index contributed by atoms with van der Waals surface area (Å²) in [6.07, 6.45) is 10.4. The Bertz CT molecular complexity index is 316. The molecule has 0 saturated carbocycles. The summed E-state index contributed by atoms with van der Waals surface area (Å²) in [5, 5.41) is 0. The van der Waals surface area contributed by atoms with Crippen molar-refractivity contribution >= 4 is 25.7 Å². The molecule has 0 aliphatic heterocycles. The molecule has 0 aliphatic carbocycles. The molecule has 0 saturated heterocycles. The van der Waals surface area contributed by atoms with Gasteiger partial charge in [-0.1, -0.05) is 44.9 Å². The molecule has 1 unspecified atom stereocenters. The van der Waals surface area contributed by atoms with Crippen LogP contribution in [0, 0.1) is 0 Å². The Morgan fingerprint density at radius 1 is 0.947 bits per heavy atom. The van der Waals surface area contributed by atoms with Crippen molar-refractivity contribution in [3.63, 3.8) is 0 Å². The number of carbonyl (C=O) groups excluding carboxylic acids is 1. The van der Waals surface area contributed by atoms with Gasteiger partial charge in [-0.2, -0.15) is 0 Å². The predicted molar refractivity (Wildman–Crippen MR) is 78.0 cm³/mol. The maximum atomic E-state index is 10.7. The summed E-state index contributed by atoms with van der Waals surface area (Å²) in [5.41, 5.74) is 0. The third-order valence-corrected chi connectivity index (χ3v) is 4.21. The monoisotopic (exact) mass is 316 g/mol. The molecule has 0 radical (unpaired) electrons. The average molecular weight is 316 g/mol. The van der Waals surface area contributed by atoms with Crippen molar-refractivity contribution in [2.45, 2.75) is 71.1 Å². The van der Waals surface area contributed by atoms with E-state index in [0.29, 0.717) is 6.42 Å². The molecule has 0 fully saturated rings. The van der Waals surface area contributed by atoms with Crippen molar-refractivity contribution in [2.75, 3.05) is 5.75 Å². The van der Waals surface area contributed by atoms with Gasteiger partial charge in [-0.25, -0.2) is 0 Å². The van der Waals surface area contributed by atoms with Crippen LogP contribution in [0.2, 0.25) is 0 Å². The number of hydrogen-bond donors (Lipinski definition) is 0. The van der Waals surface area contributed by atoms with E-state index in [1.54, 1.807) is 6.92 Å². The maximum absolute atomic E-state index is 10.7. The largest absolute Gasteiger partial charge is 1.00 e. The van der Waals surface area contributed by atoms with E-state index in [9.17, 15) is 13.6 Å². The summed E-state index contributed by atoms with van der Waals surface area (Å²) < 4.78 is 21.4. The van der Waals surface area contributed by atoms with Gasteiger partial charge < -0.3 is 9.35 Å². The smallest absolute Gasteiger partial charge is 0.769 e. The quantitative estimate of drug-likeness (QED) is 0.385. The minimum absolute atomic E-state index is 0. The Labute approximate surface area is 145 Å². The zero-order valence-electron chi connectivity index (χ0n) is 12.3. The summed E-state index contributed by atoms with van der Waals surface area (Å²) in [6, 6.07) is 0. The normalized spacial score (nSPS) is 13.6. The number of hydrogen-bond acceptors (Lipinski definition) is 4. The van der Waals surface area contributed by atoms with E-state index in [0.717, 1.165) is 32.1 Å². The van der Waals surface area contributed by atoms with Gasteiger partial charge in [0.05, 0.1) is 0 Å². The van der Waals surface area contributed by atoms with E-state index >= 15 is 0 Å². The molecule has 0 aromatic carbocycles. The van der Waals surface area contributed by atoms with Crippen molar-refractivity contribution in [2.24, 2.45) is 0 Å². The van der Waals surface area contributed by atoms with Crippen LogP contribution in [0.25, 0.3) is 0 Å². The minimum atomic E-state index is -3.18. The first kappa shape index (κ1) is 22.3. The second kappa shape index (κ2) is 14.0. The summed E-state index contributed by atoms with van der Waals surface area (Å²) in [4.78, 5) is 10.7. The number of Topliss-reactive ketones (excluding diaryl/α,β-unsaturated/α-hetero) is 1. The number of rotatable bonds is 12. The Kier molecular flexibility index (Phi) is 16.4. The molecule has 19 heavy (non-hydrogen) atoms. The SMILES string of the molecule is CC(=O)CCCCCCCCCCCS(=O)([O-])=S.[Na+]. The molecular weight excluding hydrogens is 291 g/mol. The van der Waals surface area contributed by atoms with Crippen LogP contribution in [0.3, 0.4) is 0 Å². The Hall–Kier alpha value is 1.00. The van der Waals surface area contributed by atoms with E-state index in [-0.39, 0.29) is 41.1 Å². The predicted octanol–water partition coefficient (Wildman–Crippen LogP) is 0.357. The summed E-state index contributed by atoms with van der Waals surface area (Å²) in [5.74, 6) is 0.430.